The van der Waals surface area contributed by atoms with Crippen molar-refractivity contribution in [2.24, 2.45) is 0 Å². The summed E-state index contributed by atoms with van der Waals surface area (Å²) in [4.78, 5) is 51.2. The van der Waals surface area contributed by atoms with Crippen LogP contribution in [-0.2, 0) is 4.79 Å². The molecular formula is C24H26N4O7. The van der Waals surface area contributed by atoms with E-state index < -0.39 is 23.0 Å². The molecule has 0 radical (unpaired) electrons. The summed E-state index contributed by atoms with van der Waals surface area (Å²) < 4.78 is 5.16. The Morgan fingerprint density at radius 2 is 1.94 bits per heavy atom. The van der Waals surface area contributed by atoms with Gasteiger partial charge in [0, 0.05) is 43.5 Å². The Morgan fingerprint density at radius 3 is 2.60 bits per heavy atom. The van der Waals surface area contributed by atoms with Gasteiger partial charge in [-0.3, -0.25) is 14.9 Å². The molecule has 1 aliphatic heterocycles. The van der Waals surface area contributed by atoms with E-state index in [9.17, 15) is 29.6 Å². The first-order chi connectivity index (χ1) is 16.6. The van der Waals surface area contributed by atoms with Gasteiger partial charge in [-0.05, 0) is 37.1 Å². The van der Waals surface area contributed by atoms with Crippen LogP contribution in [0.4, 0.5) is 10.5 Å². The smallest absolute Gasteiger partial charge is 0.335 e. The molecule has 1 heterocycles. The standard InChI is InChI=1S/C24H26N4O7/c1-15-20(23(30)31)21(16-7-4-9-18(13-16)28(33)34)27(24(32)25-15)12-6-11-26(2)22(29)17-8-5-10-19(14-17)35-3/h4-5,7-10,13-14,21H,6,11-12H2,1-3H3,(H,25,32)(H,30,31). The van der Waals surface area contributed by atoms with Crippen molar-refractivity contribution in [2.75, 3.05) is 27.2 Å². The van der Waals surface area contributed by atoms with Crippen molar-refractivity contribution in [3.05, 3.63) is 81.0 Å². The van der Waals surface area contributed by atoms with E-state index in [1.807, 2.05) is 0 Å². The van der Waals surface area contributed by atoms with E-state index in [1.54, 1.807) is 37.4 Å². The van der Waals surface area contributed by atoms with Gasteiger partial charge < -0.3 is 25.0 Å². The number of nitro groups is 1. The van der Waals surface area contributed by atoms with Crippen LogP contribution in [0.5, 0.6) is 5.75 Å². The largest absolute Gasteiger partial charge is 0.497 e. The summed E-state index contributed by atoms with van der Waals surface area (Å²) in [7, 11) is 3.14. The van der Waals surface area contributed by atoms with Crippen molar-refractivity contribution in [1.29, 1.82) is 0 Å². The molecule has 11 nitrogen and oxygen atoms in total. The molecular weight excluding hydrogens is 456 g/mol. The number of aliphatic carboxylic acids is 1. The number of benzene rings is 2. The molecule has 0 bridgehead atoms. The van der Waals surface area contributed by atoms with Crippen LogP contribution in [0.25, 0.3) is 0 Å². The molecule has 35 heavy (non-hydrogen) atoms. The first-order valence-electron chi connectivity index (χ1n) is 10.8. The predicted octanol–water partition coefficient (Wildman–Crippen LogP) is 3.19. The fraction of sp³-hybridized carbons (Fsp3) is 0.292. The van der Waals surface area contributed by atoms with E-state index in [1.165, 1.54) is 42.0 Å². The number of allylic oxidation sites excluding steroid dienone is 1. The summed E-state index contributed by atoms with van der Waals surface area (Å²) in [5, 5.41) is 23.7. The summed E-state index contributed by atoms with van der Waals surface area (Å²) in [5.41, 5.74) is 0.640. The highest BCUT2D eigenvalue weighted by Crippen LogP contribution is 2.35. The number of hydrogen-bond acceptors (Lipinski definition) is 6. The van der Waals surface area contributed by atoms with E-state index >= 15 is 0 Å². The number of nitrogens with one attached hydrogen (secondary N) is 1. The molecule has 1 aliphatic rings. The lowest BCUT2D eigenvalue weighted by Crippen LogP contribution is -2.49. The lowest BCUT2D eigenvalue weighted by molar-refractivity contribution is -0.384. The van der Waals surface area contributed by atoms with Crippen LogP contribution < -0.4 is 10.1 Å². The van der Waals surface area contributed by atoms with Gasteiger partial charge in [0.05, 0.1) is 23.6 Å². The number of non-ortho nitro benzene ring substituents is 1. The number of carbonyl (C=O) groups is 3. The van der Waals surface area contributed by atoms with Crippen molar-refractivity contribution < 1.29 is 29.2 Å². The number of nitrogens with zero attached hydrogens (tertiary/aromatic N) is 3. The van der Waals surface area contributed by atoms with Gasteiger partial charge in [-0.25, -0.2) is 9.59 Å². The summed E-state index contributed by atoms with van der Waals surface area (Å²) in [5.74, 6) is -0.920. The number of methoxy groups -OCH3 is 1. The van der Waals surface area contributed by atoms with Crippen LogP contribution in [0.2, 0.25) is 0 Å². The normalized spacial score (nSPS) is 15.5. The zero-order valence-corrected chi connectivity index (χ0v) is 19.6. The second-order valence-electron chi connectivity index (χ2n) is 8.03. The Hall–Kier alpha value is -4.41. The molecule has 184 valence electrons. The number of hydrogen-bond donors (Lipinski definition) is 2. The van der Waals surface area contributed by atoms with E-state index in [0.29, 0.717) is 23.3 Å². The van der Waals surface area contributed by atoms with E-state index in [-0.39, 0.29) is 36.0 Å². The number of carboxylic acid groups (broad SMARTS) is 1. The SMILES string of the molecule is COc1cccc(C(=O)N(C)CCCN2C(=O)NC(C)=C(C(=O)O)C2c2cccc([N+](=O)[O-])c2)c1. The van der Waals surface area contributed by atoms with Crippen LogP contribution in [0, 0.1) is 10.1 Å². The summed E-state index contributed by atoms with van der Waals surface area (Å²) in [6.45, 7) is 1.87. The third-order valence-corrected chi connectivity index (χ3v) is 5.73. The van der Waals surface area contributed by atoms with Crippen LogP contribution in [-0.4, -0.2) is 65.0 Å². The average molecular weight is 482 g/mol. The molecule has 1 unspecified atom stereocenters. The summed E-state index contributed by atoms with van der Waals surface area (Å²) >= 11 is 0. The van der Waals surface area contributed by atoms with Gasteiger partial charge in [0.2, 0.25) is 0 Å². The van der Waals surface area contributed by atoms with Gasteiger partial charge in [0.1, 0.15) is 5.75 Å². The average Bonchev–Trinajstić information content (AvgIpc) is 2.84. The van der Waals surface area contributed by atoms with E-state index in [2.05, 4.69) is 5.32 Å². The molecule has 3 amide bonds. The highest BCUT2D eigenvalue weighted by Gasteiger charge is 2.38. The second-order valence-corrected chi connectivity index (χ2v) is 8.03. The fourth-order valence-electron chi connectivity index (χ4n) is 4.00. The number of urea groups is 1. The van der Waals surface area contributed by atoms with Crippen LogP contribution in [0.15, 0.2) is 59.8 Å². The van der Waals surface area contributed by atoms with Gasteiger partial charge in [-0.15, -0.1) is 0 Å². The number of carbonyl (C=O) groups excluding carboxylic acids is 2. The Kier molecular flexibility index (Phi) is 7.69. The van der Waals surface area contributed by atoms with Crippen molar-refractivity contribution in [1.82, 2.24) is 15.1 Å². The molecule has 1 atom stereocenters. The first-order valence-corrected chi connectivity index (χ1v) is 10.8. The van der Waals surface area contributed by atoms with Gasteiger partial charge >= 0.3 is 12.0 Å². The number of amides is 3. The van der Waals surface area contributed by atoms with Crippen molar-refractivity contribution >= 4 is 23.6 Å². The Bertz CT molecular complexity index is 1190. The molecule has 11 heteroatoms. The minimum absolute atomic E-state index is 0.0779. The summed E-state index contributed by atoms with van der Waals surface area (Å²) in [6.07, 6.45) is 0.344. The molecule has 3 rings (SSSR count). The number of nitro benzene ring substituents is 1. The third-order valence-electron chi connectivity index (χ3n) is 5.73. The van der Waals surface area contributed by atoms with Crippen molar-refractivity contribution in [2.45, 2.75) is 19.4 Å². The predicted molar refractivity (Wildman–Crippen MR) is 126 cm³/mol. The Balaban J connectivity index is 1.81. The minimum Gasteiger partial charge on any atom is -0.497 e. The van der Waals surface area contributed by atoms with Gasteiger partial charge in [0.25, 0.3) is 11.6 Å². The van der Waals surface area contributed by atoms with Gasteiger partial charge in [0.15, 0.2) is 0 Å². The van der Waals surface area contributed by atoms with Gasteiger partial charge in [-0.2, -0.15) is 0 Å². The monoisotopic (exact) mass is 482 g/mol. The molecule has 2 aromatic carbocycles. The molecule has 0 aromatic heterocycles. The number of ether oxygens (including phenoxy) is 1. The zero-order chi connectivity index (χ0) is 25.7. The first kappa shape index (κ1) is 25.2. The molecule has 0 saturated heterocycles. The van der Waals surface area contributed by atoms with Crippen molar-refractivity contribution in [3.63, 3.8) is 0 Å². The highest BCUT2D eigenvalue weighted by molar-refractivity contribution is 5.95. The fourth-order valence-corrected chi connectivity index (χ4v) is 4.00. The Labute approximate surface area is 201 Å². The van der Waals surface area contributed by atoms with Crippen LogP contribution in [0.1, 0.15) is 35.3 Å². The molecule has 0 spiro atoms. The number of rotatable bonds is 9. The summed E-state index contributed by atoms with van der Waals surface area (Å²) in [6, 6.07) is 10.8. The van der Waals surface area contributed by atoms with Gasteiger partial charge in [-0.1, -0.05) is 18.2 Å². The minimum atomic E-state index is -1.24. The molecule has 2 N–H and O–H groups in total. The molecule has 0 aliphatic carbocycles. The maximum atomic E-state index is 12.8. The molecule has 0 saturated carbocycles. The second kappa shape index (κ2) is 10.7. The maximum Gasteiger partial charge on any atom is 0.335 e. The maximum absolute atomic E-state index is 12.8. The Morgan fingerprint density at radius 1 is 1.23 bits per heavy atom. The molecule has 0 fully saturated rings. The highest BCUT2D eigenvalue weighted by atomic mass is 16.6. The molecule has 2 aromatic rings. The lowest BCUT2D eigenvalue weighted by atomic mass is 9.93. The zero-order valence-electron chi connectivity index (χ0n) is 19.6. The van der Waals surface area contributed by atoms with Crippen LogP contribution >= 0.6 is 0 Å². The third kappa shape index (κ3) is 5.57. The van der Waals surface area contributed by atoms with E-state index in [0.717, 1.165) is 0 Å². The quantitative estimate of drug-likeness (QED) is 0.413. The lowest BCUT2D eigenvalue weighted by Gasteiger charge is -2.37. The van der Waals surface area contributed by atoms with Crippen molar-refractivity contribution in [3.8, 4) is 5.75 Å². The topological polar surface area (TPSA) is 142 Å². The van der Waals surface area contributed by atoms with E-state index in [4.69, 9.17) is 4.74 Å². The number of carboxylic acids is 1. The van der Waals surface area contributed by atoms with Crippen LogP contribution in [0.3, 0.4) is 0 Å².